The summed E-state index contributed by atoms with van der Waals surface area (Å²) in [5, 5.41) is 5.81. The predicted molar refractivity (Wildman–Crippen MR) is 125 cm³/mol. The lowest BCUT2D eigenvalue weighted by Crippen LogP contribution is -2.39. The summed E-state index contributed by atoms with van der Waals surface area (Å²) in [5.41, 5.74) is 9.25. The van der Waals surface area contributed by atoms with Crippen molar-refractivity contribution in [3.8, 4) is 0 Å². The Labute approximate surface area is 191 Å². The molecular formula is C24H27N5O2S. The minimum Gasteiger partial charge on any atom is -0.383 e. The molecule has 1 fully saturated rings. The number of amides is 2. The molecule has 1 aliphatic heterocycles. The second kappa shape index (κ2) is 9.91. The molecule has 0 radical (unpaired) electrons. The van der Waals surface area contributed by atoms with Crippen LogP contribution >= 0.6 is 11.3 Å². The molecule has 3 aromatic rings. The molecule has 3 N–H and O–H groups in total. The van der Waals surface area contributed by atoms with Crippen LogP contribution < -0.4 is 11.1 Å². The van der Waals surface area contributed by atoms with Crippen LogP contribution in [0.25, 0.3) is 0 Å². The fraction of sp³-hybridized carbons (Fsp3) is 0.333. The number of nitrogens with zero attached hydrogens (tertiary/aromatic N) is 3. The summed E-state index contributed by atoms with van der Waals surface area (Å²) in [6.45, 7) is 3.76. The minimum atomic E-state index is -0.233. The highest BCUT2D eigenvalue weighted by Crippen LogP contribution is 2.28. The van der Waals surface area contributed by atoms with Gasteiger partial charge in [-0.3, -0.25) is 9.59 Å². The van der Waals surface area contributed by atoms with Gasteiger partial charge in [-0.2, -0.15) is 0 Å². The maximum atomic E-state index is 12.6. The number of rotatable bonds is 6. The average molecular weight is 450 g/mol. The number of pyridine rings is 1. The molecule has 0 spiro atoms. The van der Waals surface area contributed by atoms with Gasteiger partial charge in [0.15, 0.2) is 0 Å². The van der Waals surface area contributed by atoms with Gasteiger partial charge >= 0.3 is 0 Å². The molecule has 32 heavy (non-hydrogen) atoms. The number of carbonyl (C=O) groups is 2. The lowest BCUT2D eigenvalue weighted by molar-refractivity contribution is -0.131. The average Bonchev–Trinajstić information content (AvgIpc) is 3.22. The molecule has 4 rings (SSSR count). The zero-order valence-electron chi connectivity index (χ0n) is 18.1. The molecule has 2 aromatic heterocycles. The van der Waals surface area contributed by atoms with Crippen LogP contribution in [0, 0.1) is 6.92 Å². The number of aryl methyl sites for hydroxylation is 1. The smallest absolute Gasteiger partial charge is 0.255 e. The van der Waals surface area contributed by atoms with Crippen molar-refractivity contribution in [2.75, 3.05) is 18.8 Å². The zero-order valence-corrected chi connectivity index (χ0v) is 18.9. The molecule has 0 aliphatic carbocycles. The Balaban J connectivity index is 1.31. The first kappa shape index (κ1) is 22.0. The first-order valence-corrected chi connectivity index (χ1v) is 11.6. The summed E-state index contributed by atoms with van der Waals surface area (Å²) >= 11 is 1.57. The van der Waals surface area contributed by atoms with Crippen LogP contribution in [0.4, 0.5) is 5.82 Å². The molecule has 1 aliphatic rings. The molecular weight excluding hydrogens is 422 g/mol. The van der Waals surface area contributed by atoms with E-state index in [-0.39, 0.29) is 23.6 Å². The maximum Gasteiger partial charge on any atom is 0.255 e. The molecule has 1 saturated heterocycles. The summed E-state index contributed by atoms with van der Waals surface area (Å²) in [4.78, 5) is 35.9. The molecule has 166 valence electrons. The number of benzene rings is 1. The van der Waals surface area contributed by atoms with Gasteiger partial charge in [0.2, 0.25) is 5.91 Å². The number of likely N-dealkylation sites (tertiary alicyclic amines) is 1. The summed E-state index contributed by atoms with van der Waals surface area (Å²) < 4.78 is 0. The second-order valence-electron chi connectivity index (χ2n) is 8.03. The summed E-state index contributed by atoms with van der Waals surface area (Å²) in [6.07, 6.45) is 2.01. The van der Waals surface area contributed by atoms with Gasteiger partial charge in [-0.05, 0) is 37.5 Å². The van der Waals surface area contributed by atoms with E-state index in [2.05, 4.69) is 15.3 Å². The Morgan fingerprint density at radius 1 is 1.12 bits per heavy atom. The van der Waals surface area contributed by atoms with Gasteiger partial charge in [-0.1, -0.05) is 30.3 Å². The van der Waals surface area contributed by atoms with E-state index in [0.717, 1.165) is 34.8 Å². The van der Waals surface area contributed by atoms with Crippen LogP contribution in [0.2, 0.25) is 0 Å². The fourth-order valence-corrected chi connectivity index (χ4v) is 4.58. The highest BCUT2D eigenvalue weighted by molar-refractivity contribution is 7.09. The number of nitrogens with one attached hydrogen (secondary N) is 1. The number of thiazole rings is 1. The van der Waals surface area contributed by atoms with Crippen molar-refractivity contribution in [1.82, 2.24) is 20.2 Å². The van der Waals surface area contributed by atoms with Crippen molar-refractivity contribution < 1.29 is 9.59 Å². The Morgan fingerprint density at radius 3 is 2.53 bits per heavy atom. The van der Waals surface area contributed by atoms with Crippen molar-refractivity contribution in [3.05, 3.63) is 75.4 Å². The molecule has 7 nitrogen and oxygen atoms in total. The van der Waals surface area contributed by atoms with Crippen LogP contribution in [0.15, 0.2) is 47.8 Å². The molecule has 0 atom stereocenters. The summed E-state index contributed by atoms with van der Waals surface area (Å²) in [5.74, 6) is 0.351. The van der Waals surface area contributed by atoms with Crippen LogP contribution in [-0.2, 0) is 17.8 Å². The molecule has 0 bridgehead atoms. The third-order valence-electron chi connectivity index (χ3n) is 5.75. The number of piperidine rings is 1. The standard InChI is InChI=1S/C24H27N5O2S/c1-16-27-19(15-32-16)13-22(30)29-11-9-18(10-12-29)21-8-7-20(23(25)28-21)24(31)26-14-17-5-3-2-4-6-17/h2-8,15,18H,9-14H2,1H3,(H2,25,28)(H,26,31). The van der Waals surface area contributed by atoms with Crippen LogP contribution in [0.5, 0.6) is 0 Å². The third-order valence-corrected chi connectivity index (χ3v) is 6.57. The van der Waals surface area contributed by atoms with E-state index in [1.54, 1.807) is 17.4 Å². The van der Waals surface area contributed by atoms with Crippen molar-refractivity contribution in [2.45, 2.75) is 38.6 Å². The Hall–Kier alpha value is -3.26. The van der Waals surface area contributed by atoms with Gasteiger partial charge in [-0.15, -0.1) is 11.3 Å². The summed E-state index contributed by atoms with van der Waals surface area (Å²) in [6, 6.07) is 13.4. The first-order chi connectivity index (χ1) is 15.5. The normalized spacial score (nSPS) is 14.3. The third kappa shape index (κ3) is 5.31. The number of hydrogen-bond donors (Lipinski definition) is 2. The lowest BCUT2D eigenvalue weighted by atomic mass is 9.92. The van der Waals surface area contributed by atoms with Crippen LogP contribution in [-0.4, -0.2) is 39.8 Å². The van der Waals surface area contributed by atoms with E-state index >= 15 is 0 Å². The van der Waals surface area contributed by atoms with E-state index in [1.807, 2.05) is 53.6 Å². The summed E-state index contributed by atoms with van der Waals surface area (Å²) in [7, 11) is 0. The van der Waals surface area contributed by atoms with E-state index in [1.165, 1.54) is 0 Å². The molecule has 3 heterocycles. The monoisotopic (exact) mass is 449 g/mol. The van der Waals surface area contributed by atoms with Crippen molar-refractivity contribution >= 4 is 29.0 Å². The molecule has 0 saturated carbocycles. The number of hydrogen-bond acceptors (Lipinski definition) is 6. The van der Waals surface area contributed by atoms with Gasteiger partial charge in [0, 0.05) is 36.6 Å². The van der Waals surface area contributed by atoms with Gasteiger partial charge in [0.05, 0.1) is 22.7 Å². The first-order valence-electron chi connectivity index (χ1n) is 10.8. The predicted octanol–water partition coefficient (Wildman–Crippen LogP) is 3.31. The van der Waals surface area contributed by atoms with Crippen LogP contribution in [0.3, 0.4) is 0 Å². The molecule has 1 aromatic carbocycles. The van der Waals surface area contributed by atoms with Crippen molar-refractivity contribution in [1.29, 1.82) is 0 Å². The fourth-order valence-electron chi connectivity index (χ4n) is 3.96. The highest BCUT2D eigenvalue weighted by atomic mass is 32.1. The minimum absolute atomic E-state index is 0.117. The SMILES string of the molecule is Cc1nc(CC(=O)N2CCC(c3ccc(C(=O)NCc4ccccc4)c(N)n3)CC2)cs1. The number of nitrogen functional groups attached to an aromatic ring is 1. The topological polar surface area (TPSA) is 101 Å². The second-order valence-corrected chi connectivity index (χ2v) is 9.09. The van der Waals surface area contributed by atoms with E-state index in [9.17, 15) is 9.59 Å². The van der Waals surface area contributed by atoms with Gasteiger partial charge in [0.25, 0.3) is 5.91 Å². The van der Waals surface area contributed by atoms with Gasteiger partial charge in [-0.25, -0.2) is 9.97 Å². The Kier molecular flexibility index (Phi) is 6.80. The van der Waals surface area contributed by atoms with Gasteiger partial charge < -0.3 is 16.0 Å². The quantitative estimate of drug-likeness (QED) is 0.601. The highest BCUT2D eigenvalue weighted by Gasteiger charge is 2.26. The van der Waals surface area contributed by atoms with Crippen molar-refractivity contribution in [3.63, 3.8) is 0 Å². The number of carbonyl (C=O) groups excluding carboxylic acids is 2. The Morgan fingerprint density at radius 2 is 1.88 bits per heavy atom. The number of aromatic nitrogens is 2. The van der Waals surface area contributed by atoms with E-state index in [0.29, 0.717) is 31.6 Å². The number of anilines is 1. The van der Waals surface area contributed by atoms with E-state index in [4.69, 9.17) is 5.73 Å². The largest absolute Gasteiger partial charge is 0.383 e. The van der Waals surface area contributed by atoms with E-state index < -0.39 is 0 Å². The zero-order chi connectivity index (χ0) is 22.5. The number of nitrogens with two attached hydrogens (primary N) is 1. The lowest BCUT2D eigenvalue weighted by Gasteiger charge is -2.31. The van der Waals surface area contributed by atoms with Crippen molar-refractivity contribution in [2.24, 2.45) is 0 Å². The Bertz CT molecular complexity index is 1090. The van der Waals surface area contributed by atoms with Crippen LogP contribution in [0.1, 0.15) is 51.1 Å². The molecule has 0 unspecified atom stereocenters. The van der Waals surface area contributed by atoms with Gasteiger partial charge in [0.1, 0.15) is 5.82 Å². The molecule has 2 amide bonds. The molecule has 8 heteroatoms. The maximum absolute atomic E-state index is 12.6.